The van der Waals surface area contributed by atoms with Gasteiger partial charge in [0.15, 0.2) is 0 Å². The number of carbonyl (C=O) groups is 1. The first-order valence-corrected chi connectivity index (χ1v) is 9.18. The molecule has 0 saturated carbocycles. The summed E-state index contributed by atoms with van der Waals surface area (Å²) < 4.78 is 13.4. The summed E-state index contributed by atoms with van der Waals surface area (Å²) in [6, 6.07) is 14.3. The SMILES string of the molecule is O=C(c1ccn[nH]1)N1CCCC(c2cccc(Cc3cccc(F)c3)n2)C1. The van der Waals surface area contributed by atoms with Gasteiger partial charge in [-0.2, -0.15) is 5.10 Å². The van der Waals surface area contributed by atoms with Crippen molar-refractivity contribution in [3.63, 3.8) is 0 Å². The minimum Gasteiger partial charge on any atom is -0.337 e. The number of carbonyl (C=O) groups excluding carboxylic acids is 1. The zero-order valence-corrected chi connectivity index (χ0v) is 14.9. The standard InChI is InChI=1S/C21H21FN4O/c22-17-6-1-4-15(12-17)13-18-7-2-8-19(24-18)16-5-3-11-26(14-16)21(27)20-9-10-23-25-20/h1-2,4,6-10,12,16H,3,5,11,13-14H2,(H,23,25). The zero-order chi connectivity index (χ0) is 18.6. The highest BCUT2D eigenvalue weighted by atomic mass is 19.1. The number of benzene rings is 1. The Hall–Kier alpha value is -3.02. The number of likely N-dealkylation sites (tertiary alicyclic amines) is 1. The summed E-state index contributed by atoms with van der Waals surface area (Å²) in [5.41, 5.74) is 3.32. The topological polar surface area (TPSA) is 61.9 Å². The number of nitrogens with one attached hydrogen (secondary N) is 1. The molecular formula is C21H21FN4O. The van der Waals surface area contributed by atoms with E-state index in [9.17, 15) is 9.18 Å². The van der Waals surface area contributed by atoms with Gasteiger partial charge >= 0.3 is 0 Å². The Labute approximate surface area is 157 Å². The molecule has 1 atom stereocenters. The van der Waals surface area contributed by atoms with E-state index in [4.69, 9.17) is 4.98 Å². The average molecular weight is 364 g/mol. The number of aromatic nitrogens is 3. The van der Waals surface area contributed by atoms with Gasteiger partial charge in [0.1, 0.15) is 11.5 Å². The second-order valence-corrected chi connectivity index (χ2v) is 6.92. The number of hydrogen-bond donors (Lipinski definition) is 1. The highest BCUT2D eigenvalue weighted by Gasteiger charge is 2.27. The molecule has 2 aromatic heterocycles. The molecule has 1 aliphatic heterocycles. The van der Waals surface area contributed by atoms with Crippen LogP contribution in [-0.2, 0) is 6.42 Å². The summed E-state index contributed by atoms with van der Waals surface area (Å²) in [6.07, 6.45) is 4.13. The number of H-pyrrole nitrogens is 1. The number of halogens is 1. The fraction of sp³-hybridized carbons (Fsp3) is 0.286. The Kier molecular flexibility index (Phi) is 4.96. The van der Waals surface area contributed by atoms with Crippen molar-refractivity contribution < 1.29 is 9.18 Å². The molecular weight excluding hydrogens is 343 g/mol. The summed E-state index contributed by atoms with van der Waals surface area (Å²) in [4.78, 5) is 19.2. The molecule has 1 N–H and O–H groups in total. The quantitative estimate of drug-likeness (QED) is 0.770. The number of aromatic amines is 1. The maximum Gasteiger partial charge on any atom is 0.271 e. The third-order valence-corrected chi connectivity index (χ3v) is 4.96. The molecule has 0 spiro atoms. The molecule has 0 radical (unpaired) electrons. The Morgan fingerprint density at radius 3 is 2.93 bits per heavy atom. The summed E-state index contributed by atoms with van der Waals surface area (Å²) in [5, 5.41) is 6.60. The predicted octanol–water partition coefficient (Wildman–Crippen LogP) is 3.55. The van der Waals surface area contributed by atoms with Crippen LogP contribution < -0.4 is 0 Å². The maximum atomic E-state index is 13.4. The van der Waals surface area contributed by atoms with E-state index in [1.807, 2.05) is 29.2 Å². The molecule has 3 aromatic rings. The molecule has 6 heteroatoms. The van der Waals surface area contributed by atoms with Gasteiger partial charge in [-0.3, -0.25) is 14.9 Å². The van der Waals surface area contributed by atoms with Crippen LogP contribution in [0.25, 0.3) is 0 Å². The van der Waals surface area contributed by atoms with E-state index < -0.39 is 0 Å². The first-order valence-electron chi connectivity index (χ1n) is 9.18. The maximum absolute atomic E-state index is 13.4. The zero-order valence-electron chi connectivity index (χ0n) is 14.9. The van der Waals surface area contributed by atoms with Crippen molar-refractivity contribution >= 4 is 5.91 Å². The first kappa shape index (κ1) is 17.4. The van der Waals surface area contributed by atoms with Crippen LogP contribution in [0.3, 0.4) is 0 Å². The molecule has 0 aliphatic carbocycles. The van der Waals surface area contributed by atoms with Crippen LogP contribution in [-0.4, -0.2) is 39.1 Å². The van der Waals surface area contributed by atoms with Gasteiger partial charge in [0, 0.05) is 43.0 Å². The van der Waals surface area contributed by atoms with Crippen molar-refractivity contribution in [2.45, 2.75) is 25.2 Å². The highest BCUT2D eigenvalue weighted by molar-refractivity contribution is 5.92. The van der Waals surface area contributed by atoms with E-state index in [1.54, 1.807) is 24.4 Å². The van der Waals surface area contributed by atoms with E-state index >= 15 is 0 Å². The Morgan fingerprint density at radius 2 is 2.11 bits per heavy atom. The van der Waals surface area contributed by atoms with E-state index in [0.29, 0.717) is 18.7 Å². The lowest BCUT2D eigenvalue weighted by molar-refractivity contribution is 0.0700. The van der Waals surface area contributed by atoms with Crippen molar-refractivity contribution in [3.8, 4) is 0 Å². The second kappa shape index (κ2) is 7.70. The lowest BCUT2D eigenvalue weighted by Gasteiger charge is -2.32. The van der Waals surface area contributed by atoms with E-state index in [1.165, 1.54) is 6.07 Å². The lowest BCUT2D eigenvalue weighted by Crippen LogP contribution is -2.39. The van der Waals surface area contributed by atoms with Gasteiger partial charge in [-0.15, -0.1) is 0 Å². The van der Waals surface area contributed by atoms with Gasteiger partial charge in [0.25, 0.3) is 5.91 Å². The van der Waals surface area contributed by atoms with Crippen molar-refractivity contribution in [1.29, 1.82) is 0 Å². The fourth-order valence-electron chi connectivity index (χ4n) is 3.63. The van der Waals surface area contributed by atoms with Crippen LogP contribution in [0.4, 0.5) is 4.39 Å². The van der Waals surface area contributed by atoms with Crippen molar-refractivity contribution in [1.82, 2.24) is 20.1 Å². The number of hydrogen-bond acceptors (Lipinski definition) is 3. The molecule has 0 bridgehead atoms. The van der Waals surface area contributed by atoms with E-state index in [-0.39, 0.29) is 17.6 Å². The number of pyridine rings is 1. The molecule has 5 nitrogen and oxygen atoms in total. The molecule has 3 heterocycles. The van der Waals surface area contributed by atoms with E-state index in [0.717, 1.165) is 36.3 Å². The van der Waals surface area contributed by atoms with Crippen LogP contribution in [0.5, 0.6) is 0 Å². The lowest BCUT2D eigenvalue weighted by atomic mass is 9.93. The van der Waals surface area contributed by atoms with E-state index in [2.05, 4.69) is 10.2 Å². The molecule has 1 fully saturated rings. The number of nitrogens with zero attached hydrogens (tertiary/aromatic N) is 3. The smallest absolute Gasteiger partial charge is 0.271 e. The number of amides is 1. The van der Waals surface area contributed by atoms with Crippen molar-refractivity contribution in [2.24, 2.45) is 0 Å². The van der Waals surface area contributed by atoms with Crippen LogP contribution >= 0.6 is 0 Å². The Balaban J connectivity index is 1.48. The van der Waals surface area contributed by atoms with Gasteiger partial charge in [-0.05, 0) is 48.7 Å². The monoisotopic (exact) mass is 364 g/mol. The largest absolute Gasteiger partial charge is 0.337 e. The van der Waals surface area contributed by atoms with Crippen LogP contribution in [0, 0.1) is 5.82 Å². The normalized spacial score (nSPS) is 17.1. The van der Waals surface area contributed by atoms with Gasteiger partial charge < -0.3 is 4.90 Å². The Bertz CT molecular complexity index is 925. The number of rotatable bonds is 4. The second-order valence-electron chi connectivity index (χ2n) is 6.92. The molecule has 1 unspecified atom stereocenters. The van der Waals surface area contributed by atoms with Gasteiger partial charge in [0.2, 0.25) is 0 Å². The minimum absolute atomic E-state index is 0.0203. The molecule has 1 amide bonds. The molecule has 1 aromatic carbocycles. The third kappa shape index (κ3) is 4.05. The average Bonchev–Trinajstić information content (AvgIpc) is 3.23. The Morgan fingerprint density at radius 1 is 1.22 bits per heavy atom. The fourth-order valence-corrected chi connectivity index (χ4v) is 3.63. The summed E-state index contributed by atoms with van der Waals surface area (Å²) >= 11 is 0. The number of piperidine rings is 1. The van der Waals surface area contributed by atoms with Crippen molar-refractivity contribution in [3.05, 3.63) is 83.2 Å². The van der Waals surface area contributed by atoms with Crippen LogP contribution in [0.15, 0.2) is 54.7 Å². The van der Waals surface area contributed by atoms with Gasteiger partial charge in [0.05, 0.1) is 0 Å². The molecule has 138 valence electrons. The van der Waals surface area contributed by atoms with Crippen LogP contribution in [0.2, 0.25) is 0 Å². The molecule has 27 heavy (non-hydrogen) atoms. The summed E-state index contributed by atoms with van der Waals surface area (Å²) in [6.45, 7) is 1.39. The predicted molar refractivity (Wildman–Crippen MR) is 99.9 cm³/mol. The first-order chi connectivity index (χ1) is 13.2. The molecule has 1 aliphatic rings. The van der Waals surface area contributed by atoms with Crippen LogP contribution in [0.1, 0.15) is 46.2 Å². The van der Waals surface area contributed by atoms with Crippen molar-refractivity contribution in [2.75, 3.05) is 13.1 Å². The highest BCUT2D eigenvalue weighted by Crippen LogP contribution is 2.27. The van der Waals surface area contributed by atoms with Gasteiger partial charge in [-0.1, -0.05) is 18.2 Å². The summed E-state index contributed by atoms with van der Waals surface area (Å²) in [7, 11) is 0. The minimum atomic E-state index is -0.233. The van der Waals surface area contributed by atoms with Gasteiger partial charge in [-0.25, -0.2) is 4.39 Å². The molecule has 1 saturated heterocycles. The molecule has 4 rings (SSSR count). The summed E-state index contributed by atoms with van der Waals surface area (Å²) in [5.74, 6) is -0.0462. The third-order valence-electron chi connectivity index (χ3n) is 4.96.